The van der Waals surface area contributed by atoms with Gasteiger partial charge in [-0.2, -0.15) is 0 Å². The molecule has 1 amide bonds. The lowest BCUT2D eigenvalue weighted by Gasteiger charge is -2.19. The highest BCUT2D eigenvalue weighted by Gasteiger charge is 2.37. The molecule has 102 valence electrons. The molecule has 20 heavy (non-hydrogen) atoms. The van der Waals surface area contributed by atoms with Crippen molar-refractivity contribution in [2.45, 2.75) is 20.4 Å². The van der Waals surface area contributed by atoms with Gasteiger partial charge < -0.3 is 4.57 Å². The van der Waals surface area contributed by atoms with Crippen molar-refractivity contribution in [1.82, 2.24) is 9.55 Å². The van der Waals surface area contributed by atoms with E-state index >= 15 is 0 Å². The van der Waals surface area contributed by atoms with Gasteiger partial charge in [0.25, 0.3) is 11.7 Å². The van der Waals surface area contributed by atoms with Crippen molar-refractivity contribution in [1.29, 1.82) is 0 Å². The number of benzene rings is 1. The minimum atomic E-state index is -0.475. The zero-order valence-electron chi connectivity index (χ0n) is 11.7. The number of rotatable bonds is 2. The van der Waals surface area contributed by atoms with Gasteiger partial charge in [0.2, 0.25) is 0 Å². The van der Waals surface area contributed by atoms with Crippen LogP contribution in [0.3, 0.4) is 0 Å². The number of carbonyl (C=O) groups excluding carboxylic acids is 2. The molecule has 0 unspecified atom stereocenters. The van der Waals surface area contributed by atoms with Gasteiger partial charge in [-0.1, -0.05) is 6.07 Å². The number of fused-ring (bicyclic) bond motifs is 1. The van der Waals surface area contributed by atoms with E-state index < -0.39 is 11.7 Å². The SMILES string of the molecule is Cc1ccc2c(c1C)N(Cc1nccn1C)C(=O)C2=O. The number of Topliss-reactive ketones (excluding diaryl/α,β-unsaturated/α-hetero) is 1. The van der Waals surface area contributed by atoms with Crippen molar-refractivity contribution in [2.24, 2.45) is 7.05 Å². The molecule has 1 aromatic carbocycles. The Bertz CT molecular complexity index is 731. The molecule has 0 aliphatic carbocycles. The number of ketones is 1. The van der Waals surface area contributed by atoms with Crippen LogP contribution in [0.4, 0.5) is 5.69 Å². The van der Waals surface area contributed by atoms with Gasteiger partial charge >= 0.3 is 0 Å². The second kappa shape index (κ2) is 4.30. The van der Waals surface area contributed by atoms with Crippen LogP contribution in [0.5, 0.6) is 0 Å². The van der Waals surface area contributed by atoms with Crippen molar-refractivity contribution in [3.63, 3.8) is 0 Å². The molecule has 0 radical (unpaired) electrons. The lowest BCUT2D eigenvalue weighted by atomic mass is 10.0. The largest absolute Gasteiger partial charge is 0.337 e. The normalized spacial score (nSPS) is 14.1. The molecular weight excluding hydrogens is 254 g/mol. The smallest absolute Gasteiger partial charge is 0.299 e. The summed E-state index contributed by atoms with van der Waals surface area (Å²) in [6.45, 7) is 4.22. The van der Waals surface area contributed by atoms with E-state index in [1.807, 2.05) is 37.7 Å². The minimum Gasteiger partial charge on any atom is -0.337 e. The first kappa shape index (κ1) is 12.6. The van der Waals surface area contributed by atoms with Gasteiger partial charge in [0.1, 0.15) is 5.82 Å². The quantitative estimate of drug-likeness (QED) is 0.781. The number of hydrogen-bond donors (Lipinski definition) is 0. The van der Waals surface area contributed by atoms with Crippen LogP contribution in [-0.2, 0) is 18.4 Å². The molecule has 0 bridgehead atoms. The first-order valence-electron chi connectivity index (χ1n) is 6.43. The highest BCUT2D eigenvalue weighted by molar-refractivity contribution is 6.52. The number of nitrogens with zero attached hydrogens (tertiary/aromatic N) is 3. The van der Waals surface area contributed by atoms with E-state index in [1.54, 1.807) is 12.3 Å². The fourth-order valence-corrected chi connectivity index (χ4v) is 2.51. The topological polar surface area (TPSA) is 55.2 Å². The third-order valence-corrected chi connectivity index (χ3v) is 3.88. The number of aryl methyl sites for hydroxylation is 2. The van der Waals surface area contributed by atoms with Crippen molar-refractivity contribution >= 4 is 17.4 Å². The summed E-state index contributed by atoms with van der Waals surface area (Å²) in [4.78, 5) is 30.0. The van der Waals surface area contributed by atoms with E-state index in [0.717, 1.165) is 22.6 Å². The fraction of sp³-hybridized carbons (Fsp3) is 0.267. The van der Waals surface area contributed by atoms with E-state index in [2.05, 4.69) is 4.98 Å². The minimum absolute atomic E-state index is 0.311. The van der Waals surface area contributed by atoms with Gasteiger partial charge in [0.05, 0.1) is 17.8 Å². The summed E-state index contributed by atoms with van der Waals surface area (Å²) in [6.07, 6.45) is 3.50. The van der Waals surface area contributed by atoms with E-state index in [4.69, 9.17) is 0 Å². The molecule has 1 aromatic heterocycles. The van der Waals surface area contributed by atoms with Crippen LogP contribution in [0.1, 0.15) is 27.3 Å². The Morgan fingerprint density at radius 2 is 1.95 bits per heavy atom. The molecule has 5 nitrogen and oxygen atoms in total. The summed E-state index contributed by atoms with van der Waals surface area (Å²) in [7, 11) is 1.87. The Kier molecular flexibility index (Phi) is 2.71. The van der Waals surface area contributed by atoms with Crippen molar-refractivity contribution < 1.29 is 9.59 Å². The summed E-state index contributed by atoms with van der Waals surface area (Å²) < 4.78 is 1.85. The molecule has 1 aliphatic rings. The number of anilines is 1. The molecule has 0 N–H and O–H groups in total. The molecule has 0 fully saturated rings. The van der Waals surface area contributed by atoms with Crippen LogP contribution in [0, 0.1) is 13.8 Å². The molecule has 1 aliphatic heterocycles. The Labute approximate surface area is 116 Å². The maximum absolute atomic E-state index is 12.2. The number of carbonyl (C=O) groups is 2. The van der Waals surface area contributed by atoms with Gasteiger partial charge in [-0.3, -0.25) is 14.5 Å². The Morgan fingerprint density at radius 1 is 1.20 bits per heavy atom. The predicted molar refractivity (Wildman–Crippen MR) is 74.6 cm³/mol. The maximum atomic E-state index is 12.2. The number of aromatic nitrogens is 2. The van der Waals surface area contributed by atoms with Crippen LogP contribution in [-0.4, -0.2) is 21.2 Å². The van der Waals surface area contributed by atoms with Gasteiger partial charge in [-0.25, -0.2) is 4.98 Å². The average Bonchev–Trinajstić information content (AvgIpc) is 2.92. The monoisotopic (exact) mass is 269 g/mol. The number of amides is 1. The van der Waals surface area contributed by atoms with Gasteiger partial charge in [-0.05, 0) is 31.0 Å². The Hall–Kier alpha value is -2.43. The molecule has 3 rings (SSSR count). The summed E-state index contributed by atoms with van der Waals surface area (Å²) in [5.41, 5.74) is 3.25. The van der Waals surface area contributed by atoms with E-state index in [0.29, 0.717) is 12.1 Å². The zero-order chi connectivity index (χ0) is 14.4. The van der Waals surface area contributed by atoms with Crippen LogP contribution in [0.2, 0.25) is 0 Å². The lowest BCUT2D eigenvalue weighted by molar-refractivity contribution is -0.114. The van der Waals surface area contributed by atoms with Gasteiger partial charge in [0.15, 0.2) is 0 Å². The van der Waals surface area contributed by atoms with Gasteiger partial charge in [0, 0.05) is 19.4 Å². The molecule has 2 heterocycles. The first-order chi connectivity index (χ1) is 9.50. The highest BCUT2D eigenvalue weighted by Crippen LogP contribution is 2.34. The maximum Gasteiger partial charge on any atom is 0.299 e. The number of hydrogen-bond acceptors (Lipinski definition) is 3. The summed E-state index contributed by atoms with van der Waals surface area (Å²) in [5, 5.41) is 0. The summed E-state index contributed by atoms with van der Waals surface area (Å²) in [5.74, 6) is -0.158. The van der Waals surface area contributed by atoms with E-state index in [1.165, 1.54) is 4.90 Å². The molecule has 0 saturated carbocycles. The van der Waals surface area contributed by atoms with Crippen LogP contribution < -0.4 is 4.90 Å². The Balaban J connectivity index is 2.10. The third kappa shape index (κ3) is 1.66. The second-order valence-electron chi connectivity index (χ2n) is 5.08. The molecule has 0 spiro atoms. The molecular formula is C15H15N3O2. The summed E-state index contributed by atoms with van der Waals surface area (Å²) in [6, 6.07) is 3.61. The fourth-order valence-electron chi connectivity index (χ4n) is 2.51. The van der Waals surface area contributed by atoms with Crippen molar-refractivity contribution in [2.75, 3.05) is 4.90 Å². The standard InChI is InChI=1S/C15H15N3O2/c1-9-4-5-11-13(10(9)2)18(15(20)14(11)19)8-12-16-6-7-17(12)3/h4-7H,8H2,1-3H3. The molecule has 0 atom stereocenters. The third-order valence-electron chi connectivity index (χ3n) is 3.88. The molecule has 0 saturated heterocycles. The first-order valence-corrected chi connectivity index (χ1v) is 6.43. The average molecular weight is 269 g/mol. The zero-order valence-corrected chi connectivity index (χ0v) is 11.7. The lowest BCUT2D eigenvalue weighted by Crippen LogP contribution is -2.30. The van der Waals surface area contributed by atoms with E-state index in [-0.39, 0.29) is 0 Å². The van der Waals surface area contributed by atoms with Crippen LogP contribution in [0.25, 0.3) is 0 Å². The highest BCUT2D eigenvalue weighted by atomic mass is 16.2. The predicted octanol–water partition coefficient (Wildman–Crippen LogP) is 1.77. The Morgan fingerprint density at radius 3 is 2.60 bits per heavy atom. The second-order valence-corrected chi connectivity index (χ2v) is 5.08. The summed E-state index contributed by atoms with van der Waals surface area (Å²) >= 11 is 0. The van der Waals surface area contributed by atoms with E-state index in [9.17, 15) is 9.59 Å². The number of imidazole rings is 1. The van der Waals surface area contributed by atoms with Crippen LogP contribution in [0.15, 0.2) is 24.5 Å². The van der Waals surface area contributed by atoms with Crippen molar-refractivity contribution in [3.8, 4) is 0 Å². The van der Waals surface area contributed by atoms with Gasteiger partial charge in [-0.15, -0.1) is 0 Å². The van der Waals surface area contributed by atoms with Crippen molar-refractivity contribution in [3.05, 3.63) is 47.0 Å². The van der Waals surface area contributed by atoms with Crippen LogP contribution >= 0.6 is 0 Å². The molecule has 2 aromatic rings. The molecule has 5 heteroatoms.